The van der Waals surface area contributed by atoms with Gasteiger partial charge in [-0.05, 0) is 42.7 Å². The Hall–Kier alpha value is -1.33. The van der Waals surface area contributed by atoms with E-state index in [1.165, 1.54) is 17.5 Å². The van der Waals surface area contributed by atoms with E-state index < -0.39 is 11.0 Å². The molecule has 1 aromatic rings. The van der Waals surface area contributed by atoms with Crippen molar-refractivity contribution in [2.24, 2.45) is 11.3 Å². The van der Waals surface area contributed by atoms with Gasteiger partial charge in [-0.25, -0.2) is 0 Å². The first-order valence-electron chi connectivity index (χ1n) is 7.79. The SMILES string of the molecule is CC1CCCC(C#N)(C2(O)CCc3ccccc3C2)C1. The van der Waals surface area contributed by atoms with Crippen LogP contribution < -0.4 is 0 Å². The minimum atomic E-state index is -0.842. The summed E-state index contributed by atoms with van der Waals surface area (Å²) >= 11 is 0. The summed E-state index contributed by atoms with van der Waals surface area (Å²) in [5, 5.41) is 21.1. The topological polar surface area (TPSA) is 44.0 Å². The molecule has 1 fully saturated rings. The van der Waals surface area contributed by atoms with Crippen LogP contribution in [-0.4, -0.2) is 10.7 Å². The van der Waals surface area contributed by atoms with Crippen molar-refractivity contribution >= 4 is 0 Å². The maximum absolute atomic E-state index is 11.3. The largest absolute Gasteiger partial charge is 0.388 e. The van der Waals surface area contributed by atoms with Crippen LogP contribution in [0.2, 0.25) is 0 Å². The molecule has 2 aliphatic carbocycles. The molecule has 3 atom stereocenters. The summed E-state index contributed by atoms with van der Waals surface area (Å²) in [7, 11) is 0. The summed E-state index contributed by atoms with van der Waals surface area (Å²) in [6, 6.07) is 10.9. The van der Waals surface area contributed by atoms with Crippen LogP contribution in [-0.2, 0) is 12.8 Å². The van der Waals surface area contributed by atoms with Gasteiger partial charge in [-0.3, -0.25) is 0 Å². The van der Waals surface area contributed by atoms with Gasteiger partial charge in [-0.2, -0.15) is 5.26 Å². The lowest BCUT2D eigenvalue weighted by molar-refractivity contribution is -0.0894. The first-order valence-corrected chi connectivity index (χ1v) is 7.79. The van der Waals surface area contributed by atoms with Gasteiger partial charge in [-0.15, -0.1) is 0 Å². The quantitative estimate of drug-likeness (QED) is 0.846. The van der Waals surface area contributed by atoms with Crippen LogP contribution in [0.3, 0.4) is 0 Å². The number of rotatable bonds is 1. The van der Waals surface area contributed by atoms with Gasteiger partial charge in [0.15, 0.2) is 0 Å². The molecule has 2 heteroatoms. The van der Waals surface area contributed by atoms with Crippen LogP contribution >= 0.6 is 0 Å². The van der Waals surface area contributed by atoms with Crippen molar-refractivity contribution in [3.05, 3.63) is 35.4 Å². The molecule has 1 aromatic carbocycles. The third kappa shape index (κ3) is 2.05. The molecule has 3 rings (SSSR count). The number of nitriles is 1. The van der Waals surface area contributed by atoms with E-state index in [-0.39, 0.29) is 0 Å². The lowest BCUT2D eigenvalue weighted by atomic mass is 9.57. The second kappa shape index (κ2) is 4.90. The predicted octanol–water partition coefficient (Wildman–Crippen LogP) is 3.63. The standard InChI is InChI=1S/C18H23NO/c1-14-5-4-9-17(11-14,13-19)18(20)10-8-15-6-2-3-7-16(15)12-18/h2-3,6-7,14,20H,4-5,8-12H2,1H3. The maximum Gasteiger partial charge on any atom is 0.0876 e. The number of aliphatic hydroxyl groups is 1. The van der Waals surface area contributed by atoms with Crippen LogP contribution in [0.15, 0.2) is 24.3 Å². The first-order chi connectivity index (χ1) is 9.59. The molecule has 0 spiro atoms. The van der Waals surface area contributed by atoms with Gasteiger partial charge in [0, 0.05) is 6.42 Å². The highest BCUT2D eigenvalue weighted by molar-refractivity contribution is 5.34. The monoisotopic (exact) mass is 269 g/mol. The van der Waals surface area contributed by atoms with Crippen molar-refractivity contribution in [3.8, 4) is 6.07 Å². The molecule has 0 saturated heterocycles. The summed E-state index contributed by atoms with van der Waals surface area (Å²) in [5.41, 5.74) is 1.19. The van der Waals surface area contributed by atoms with E-state index in [4.69, 9.17) is 0 Å². The number of nitrogens with zero attached hydrogens (tertiary/aromatic N) is 1. The highest BCUT2D eigenvalue weighted by Gasteiger charge is 2.53. The molecule has 0 heterocycles. The Morgan fingerprint density at radius 3 is 2.70 bits per heavy atom. The van der Waals surface area contributed by atoms with Crippen molar-refractivity contribution in [1.29, 1.82) is 5.26 Å². The summed E-state index contributed by atoms with van der Waals surface area (Å²) in [5.74, 6) is 0.546. The van der Waals surface area contributed by atoms with Gasteiger partial charge >= 0.3 is 0 Å². The fourth-order valence-electron chi connectivity index (χ4n) is 4.31. The fraction of sp³-hybridized carbons (Fsp3) is 0.611. The molecule has 1 N–H and O–H groups in total. The average Bonchev–Trinajstić information content (AvgIpc) is 2.47. The molecule has 1 saturated carbocycles. The zero-order chi connectivity index (χ0) is 14.2. The lowest BCUT2D eigenvalue weighted by Crippen LogP contribution is -2.53. The summed E-state index contributed by atoms with van der Waals surface area (Å²) in [6.45, 7) is 2.21. The van der Waals surface area contributed by atoms with Gasteiger partial charge in [0.1, 0.15) is 0 Å². The Bertz CT molecular complexity index is 547. The van der Waals surface area contributed by atoms with E-state index in [0.29, 0.717) is 12.3 Å². The van der Waals surface area contributed by atoms with Crippen LogP contribution in [0.4, 0.5) is 0 Å². The average molecular weight is 269 g/mol. The van der Waals surface area contributed by atoms with Crippen LogP contribution in [0.1, 0.15) is 50.2 Å². The summed E-state index contributed by atoms with van der Waals surface area (Å²) < 4.78 is 0. The summed E-state index contributed by atoms with van der Waals surface area (Å²) in [4.78, 5) is 0. The van der Waals surface area contributed by atoms with E-state index in [0.717, 1.165) is 32.1 Å². The van der Waals surface area contributed by atoms with Gasteiger partial charge in [-0.1, -0.05) is 44.0 Å². The maximum atomic E-state index is 11.3. The van der Waals surface area contributed by atoms with Gasteiger partial charge in [0.05, 0.1) is 17.1 Å². The lowest BCUT2D eigenvalue weighted by Gasteiger charge is -2.48. The van der Waals surface area contributed by atoms with Crippen molar-refractivity contribution in [2.45, 2.75) is 57.5 Å². The van der Waals surface area contributed by atoms with Crippen LogP contribution in [0, 0.1) is 22.7 Å². The molecule has 0 amide bonds. The molecule has 20 heavy (non-hydrogen) atoms. The Labute approximate surface area is 121 Å². The molecule has 2 nitrogen and oxygen atoms in total. The Morgan fingerprint density at radius 2 is 2.00 bits per heavy atom. The third-order valence-corrected chi connectivity index (χ3v) is 5.51. The van der Waals surface area contributed by atoms with Crippen LogP contribution in [0.5, 0.6) is 0 Å². The number of hydrogen-bond donors (Lipinski definition) is 1. The molecule has 2 aliphatic rings. The second-order valence-corrected chi connectivity index (χ2v) is 6.87. The molecule has 0 aromatic heterocycles. The molecule has 0 radical (unpaired) electrons. The van der Waals surface area contributed by atoms with Crippen molar-refractivity contribution in [2.75, 3.05) is 0 Å². The third-order valence-electron chi connectivity index (χ3n) is 5.51. The van der Waals surface area contributed by atoms with E-state index in [1.54, 1.807) is 0 Å². The first kappa shape index (κ1) is 13.6. The molecule has 0 aliphatic heterocycles. The Kier molecular flexibility index (Phi) is 3.34. The number of fused-ring (bicyclic) bond motifs is 1. The fourth-order valence-corrected chi connectivity index (χ4v) is 4.31. The van der Waals surface area contributed by atoms with Gasteiger partial charge in [0.25, 0.3) is 0 Å². The highest BCUT2D eigenvalue weighted by atomic mass is 16.3. The Balaban J connectivity index is 1.95. The minimum Gasteiger partial charge on any atom is -0.388 e. The zero-order valence-electron chi connectivity index (χ0n) is 12.2. The molecular formula is C18H23NO. The van der Waals surface area contributed by atoms with Crippen molar-refractivity contribution in [3.63, 3.8) is 0 Å². The van der Waals surface area contributed by atoms with Crippen molar-refractivity contribution in [1.82, 2.24) is 0 Å². The van der Waals surface area contributed by atoms with Crippen LogP contribution in [0.25, 0.3) is 0 Å². The van der Waals surface area contributed by atoms with Crippen molar-refractivity contribution < 1.29 is 5.11 Å². The van der Waals surface area contributed by atoms with Gasteiger partial charge in [0.2, 0.25) is 0 Å². The molecule has 3 unspecified atom stereocenters. The van der Waals surface area contributed by atoms with E-state index in [9.17, 15) is 10.4 Å². The van der Waals surface area contributed by atoms with Gasteiger partial charge < -0.3 is 5.11 Å². The molecule has 106 valence electrons. The summed E-state index contributed by atoms with van der Waals surface area (Å²) in [6.07, 6.45) is 6.22. The number of benzene rings is 1. The highest BCUT2D eigenvalue weighted by Crippen LogP contribution is 2.51. The number of aryl methyl sites for hydroxylation is 1. The smallest absolute Gasteiger partial charge is 0.0876 e. The van der Waals surface area contributed by atoms with E-state index in [1.807, 2.05) is 6.07 Å². The van der Waals surface area contributed by atoms with E-state index in [2.05, 4.69) is 31.2 Å². The minimum absolute atomic E-state index is 0.543. The zero-order valence-corrected chi connectivity index (χ0v) is 12.2. The van der Waals surface area contributed by atoms with E-state index >= 15 is 0 Å². The normalized spacial score (nSPS) is 37.0. The Morgan fingerprint density at radius 1 is 1.25 bits per heavy atom. The number of hydrogen-bond acceptors (Lipinski definition) is 2. The molecular weight excluding hydrogens is 246 g/mol. The second-order valence-electron chi connectivity index (χ2n) is 6.87. The predicted molar refractivity (Wildman–Crippen MR) is 79.1 cm³/mol. The molecule has 0 bridgehead atoms.